The predicted molar refractivity (Wildman–Crippen MR) is 93.8 cm³/mol. The monoisotopic (exact) mass is 320 g/mol. The van der Waals surface area contributed by atoms with Crippen LogP contribution in [0, 0.1) is 18.3 Å². The van der Waals surface area contributed by atoms with Gasteiger partial charge in [0, 0.05) is 24.7 Å². The Morgan fingerprint density at radius 1 is 1.25 bits per heavy atom. The number of hydrogen-bond donors (Lipinski definition) is 1. The molecule has 0 saturated carbocycles. The van der Waals surface area contributed by atoms with Crippen LogP contribution in [0.5, 0.6) is 0 Å². The van der Waals surface area contributed by atoms with Crippen molar-refractivity contribution in [3.8, 4) is 6.07 Å². The Hall–Kier alpha value is -2.87. The van der Waals surface area contributed by atoms with E-state index < -0.39 is 0 Å². The minimum absolute atomic E-state index is 0.0510. The molecule has 1 aromatic carbocycles. The van der Waals surface area contributed by atoms with E-state index in [0.717, 1.165) is 29.8 Å². The van der Waals surface area contributed by atoms with E-state index in [1.54, 1.807) is 0 Å². The van der Waals surface area contributed by atoms with E-state index >= 15 is 0 Å². The molecule has 1 amide bonds. The number of pyridine rings is 1. The summed E-state index contributed by atoms with van der Waals surface area (Å²) < 4.78 is 0. The summed E-state index contributed by atoms with van der Waals surface area (Å²) in [6.07, 6.45) is 1.57. The van der Waals surface area contributed by atoms with Crippen molar-refractivity contribution in [2.75, 3.05) is 16.8 Å². The van der Waals surface area contributed by atoms with Gasteiger partial charge in [0.2, 0.25) is 5.91 Å². The molecule has 1 saturated heterocycles. The molecular weight excluding hydrogens is 300 g/mol. The summed E-state index contributed by atoms with van der Waals surface area (Å²) in [7, 11) is 0. The molecule has 0 bridgehead atoms. The van der Waals surface area contributed by atoms with Gasteiger partial charge in [-0.25, -0.2) is 4.98 Å². The van der Waals surface area contributed by atoms with Gasteiger partial charge in [0.1, 0.15) is 17.6 Å². The molecule has 0 spiro atoms. The minimum atomic E-state index is 0.0510. The summed E-state index contributed by atoms with van der Waals surface area (Å²) in [5.41, 5.74) is 3.37. The lowest BCUT2D eigenvalue weighted by Crippen LogP contribution is -2.23. The maximum Gasteiger partial charge on any atom is 0.227 e. The fourth-order valence-electron chi connectivity index (χ4n) is 2.89. The van der Waals surface area contributed by atoms with Crippen LogP contribution in [0.15, 0.2) is 36.4 Å². The van der Waals surface area contributed by atoms with Crippen LogP contribution in [0.2, 0.25) is 0 Å². The molecule has 2 aromatic rings. The largest absolute Gasteiger partial charge is 0.364 e. The first-order valence-electron chi connectivity index (χ1n) is 8.13. The first-order valence-corrected chi connectivity index (χ1v) is 8.13. The van der Waals surface area contributed by atoms with Gasteiger partial charge in [0.05, 0.1) is 0 Å². The summed E-state index contributed by atoms with van der Waals surface area (Å²) in [6, 6.07) is 13.9. The van der Waals surface area contributed by atoms with E-state index in [1.165, 1.54) is 0 Å². The van der Waals surface area contributed by atoms with E-state index in [-0.39, 0.29) is 11.9 Å². The molecule has 24 heavy (non-hydrogen) atoms. The van der Waals surface area contributed by atoms with Crippen LogP contribution in [0.25, 0.3) is 0 Å². The topological polar surface area (TPSA) is 69.0 Å². The zero-order chi connectivity index (χ0) is 17.1. The lowest BCUT2D eigenvalue weighted by atomic mass is 10.1. The lowest BCUT2D eigenvalue weighted by molar-refractivity contribution is -0.117. The highest BCUT2D eigenvalue weighted by Crippen LogP contribution is 2.25. The number of carbonyl (C=O) groups is 1. The smallest absolute Gasteiger partial charge is 0.227 e. The summed E-state index contributed by atoms with van der Waals surface area (Å²) in [5.74, 6) is 0.880. The summed E-state index contributed by atoms with van der Waals surface area (Å²) in [5, 5.41) is 12.4. The van der Waals surface area contributed by atoms with Crippen molar-refractivity contribution in [1.29, 1.82) is 5.26 Å². The van der Waals surface area contributed by atoms with Gasteiger partial charge in [-0.2, -0.15) is 5.26 Å². The van der Waals surface area contributed by atoms with Crippen LogP contribution in [0.4, 0.5) is 11.5 Å². The average Bonchev–Trinajstić information content (AvgIpc) is 3.02. The van der Waals surface area contributed by atoms with Crippen LogP contribution < -0.4 is 10.2 Å². The van der Waals surface area contributed by atoms with Crippen molar-refractivity contribution in [3.63, 3.8) is 0 Å². The Bertz CT molecular complexity index is 792. The van der Waals surface area contributed by atoms with Crippen molar-refractivity contribution < 1.29 is 4.79 Å². The van der Waals surface area contributed by atoms with Crippen LogP contribution in [-0.4, -0.2) is 17.4 Å². The molecule has 122 valence electrons. The highest BCUT2D eigenvalue weighted by Gasteiger charge is 2.21. The van der Waals surface area contributed by atoms with Crippen molar-refractivity contribution >= 4 is 17.4 Å². The first-order chi connectivity index (χ1) is 11.6. The summed E-state index contributed by atoms with van der Waals surface area (Å²) in [4.78, 5) is 18.0. The number of amides is 1. The molecule has 2 heterocycles. The van der Waals surface area contributed by atoms with Crippen molar-refractivity contribution in [2.45, 2.75) is 32.7 Å². The zero-order valence-corrected chi connectivity index (χ0v) is 13.9. The number of nitrogens with zero attached hydrogens (tertiary/aromatic N) is 3. The number of nitrogens with one attached hydrogen (secondary N) is 1. The molecule has 0 aliphatic carbocycles. The number of rotatable bonds is 4. The third kappa shape index (κ3) is 3.23. The number of carbonyl (C=O) groups excluding carboxylic acids is 1. The van der Waals surface area contributed by atoms with Gasteiger partial charge in [-0.3, -0.25) is 4.79 Å². The van der Waals surface area contributed by atoms with E-state index in [4.69, 9.17) is 5.26 Å². The van der Waals surface area contributed by atoms with Gasteiger partial charge < -0.3 is 10.2 Å². The lowest BCUT2D eigenvalue weighted by Gasteiger charge is -2.19. The van der Waals surface area contributed by atoms with Gasteiger partial charge in [0.15, 0.2) is 0 Å². The number of aromatic nitrogens is 1. The second-order valence-electron chi connectivity index (χ2n) is 6.08. The third-order valence-electron chi connectivity index (χ3n) is 4.35. The van der Waals surface area contributed by atoms with E-state index in [2.05, 4.69) is 16.4 Å². The van der Waals surface area contributed by atoms with Crippen LogP contribution in [0.3, 0.4) is 0 Å². The standard InChI is InChI=1S/C19H20N4O/c1-13-5-10-18(22-17(13)12-20)21-14(2)15-6-8-16(9-7-15)23-11-3-4-19(23)24/h5-10,14H,3-4,11H2,1-2H3,(H,21,22). The Balaban J connectivity index is 1.72. The fourth-order valence-corrected chi connectivity index (χ4v) is 2.89. The molecule has 1 fully saturated rings. The van der Waals surface area contributed by atoms with Crippen molar-refractivity contribution in [2.24, 2.45) is 0 Å². The predicted octanol–water partition coefficient (Wildman–Crippen LogP) is 3.56. The maximum absolute atomic E-state index is 11.8. The number of aryl methyl sites for hydroxylation is 1. The molecule has 5 heteroatoms. The molecule has 1 aromatic heterocycles. The van der Waals surface area contributed by atoms with E-state index in [1.807, 2.05) is 55.1 Å². The molecular formula is C19H20N4O. The second kappa shape index (κ2) is 6.71. The molecule has 1 aliphatic heterocycles. The Morgan fingerprint density at radius 3 is 2.62 bits per heavy atom. The summed E-state index contributed by atoms with van der Waals surface area (Å²) in [6.45, 7) is 4.72. The number of hydrogen-bond acceptors (Lipinski definition) is 4. The second-order valence-corrected chi connectivity index (χ2v) is 6.08. The molecule has 1 atom stereocenters. The Morgan fingerprint density at radius 2 is 2.00 bits per heavy atom. The van der Waals surface area contributed by atoms with Crippen LogP contribution >= 0.6 is 0 Å². The molecule has 3 rings (SSSR count). The highest BCUT2D eigenvalue weighted by atomic mass is 16.2. The average molecular weight is 320 g/mol. The van der Waals surface area contributed by atoms with Crippen LogP contribution in [-0.2, 0) is 4.79 Å². The van der Waals surface area contributed by atoms with Gasteiger partial charge in [0.25, 0.3) is 0 Å². The van der Waals surface area contributed by atoms with E-state index in [0.29, 0.717) is 17.9 Å². The molecule has 1 aliphatic rings. The fraction of sp³-hybridized carbons (Fsp3) is 0.316. The SMILES string of the molecule is Cc1ccc(NC(C)c2ccc(N3CCCC3=O)cc2)nc1C#N. The normalized spacial score (nSPS) is 15.2. The van der Waals surface area contributed by atoms with E-state index in [9.17, 15) is 4.79 Å². The number of nitriles is 1. The molecule has 5 nitrogen and oxygen atoms in total. The molecule has 1 N–H and O–H groups in total. The van der Waals surface area contributed by atoms with Gasteiger partial charge in [-0.05, 0) is 49.6 Å². The van der Waals surface area contributed by atoms with Crippen molar-refractivity contribution in [1.82, 2.24) is 4.98 Å². The van der Waals surface area contributed by atoms with Gasteiger partial charge in [-0.1, -0.05) is 18.2 Å². The first kappa shape index (κ1) is 16.0. The van der Waals surface area contributed by atoms with Gasteiger partial charge in [-0.15, -0.1) is 0 Å². The highest BCUT2D eigenvalue weighted by molar-refractivity contribution is 5.95. The van der Waals surface area contributed by atoms with Crippen LogP contribution in [0.1, 0.15) is 42.6 Å². The summed E-state index contributed by atoms with van der Waals surface area (Å²) >= 11 is 0. The minimum Gasteiger partial charge on any atom is -0.364 e. The zero-order valence-electron chi connectivity index (χ0n) is 13.9. The number of benzene rings is 1. The molecule has 0 radical (unpaired) electrons. The molecule has 1 unspecified atom stereocenters. The number of anilines is 2. The Labute approximate surface area is 141 Å². The third-order valence-corrected chi connectivity index (χ3v) is 4.35. The van der Waals surface area contributed by atoms with Crippen molar-refractivity contribution in [3.05, 3.63) is 53.2 Å². The quantitative estimate of drug-likeness (QED) is 0.935. The maximum atomic E-state index is 11.8. The Kier molecular flexibility index (Phi) is 4.48. The van der Waals surface area contributed by atoms with Gasteiger partial charge >= 0.3 is 0 Å².